The maximum absolute atomic E-state index is 12.7. The Morgan fingerprint density at radius 2 is 1.94 bits per heavy atom. The molecule has 0 aliphatic heterocycles. The zero-order valence-corrected chi connectivity index (χ0v) is 10.2. The van der Waals surface area contributed by atoms with Crippen LogP contribution in [0.4, 0.5) is 4.39 Å². The second-order valence-electron chi connectivity index (χ2n) is 3.33. The van der Waals surface area contributed by atoms with Crippen molar-refractivity contribution in [3.63, 3.8) is 0 Å². The van der Waals surface area contributed by atoms with Gasteiger partial charge in [0.25, 0.3) is 0 Å². The second kappa shape index (κ2) is 4.61. The van der Waals surface area contributed by atoms with Gasteiger partial charge in [-0.05, 0) is 53.2 Å². The summed E-state index contributed by atoms with van der Waals surface area (Å²) in [6, 6.07) is 7.75. The lowest BCUT2D eigenvalue weighted by molar-refractivity contribution is 0.457. The first-order valence-electron chi connectivity index (χ1n) is 4.71. The van der Waals surface area contributed by atoms with Gasteiger partial charge >= 0.3 is 0 Å². The highest BCUT2D eigenvalue weighted by Crippen LogP contribution is 2.24. The van der Waals surface area contributed by atoms with Gasteiger partial charge < -0.3 is 4.74 Å². The number of aromatic nitrogens is 1. The smallest absolute Gasteiger partial charge is 0.222 e. The molecule has 2 rings (SSSR count). The summed E-state index contributed by atoms with van der Waals surface area (Å²) in [6.45, 7) is 1.90. The third kappa shape index (κ3) is 2.58. The van der Waals surface area contributed by atoms with Crippen LogP contribution >= 0.6 is 15.9 Å². The number of pyridine rings is 1. The van der Waals surface area contributed by atoms with Crippen LogP contribution in [0.2, 0.25) is 0 Å². The van der Waals surface area contributed by atoms with Crippen molar-refractivity contribution < 1.29 is 9.13 Å². The average molecular weight is 282 g/mol. The molecular formula is C12H9BrFNO. The molecule has 0 radical (unpaired) electrons. The van der Waals surface area contributed by atoms with Crippen LogP contribution in [0.3, 0.4) is 0 Å². The topological polar surface area (TPSA) is 22.1 Å². The van der Waals surface area contributed by atoms with E-state index in [9.17, 15) is 4.39 Å². The number of rotatable bonds is 2. The summed E-state index contributed by atoms with van der Waals surface area (Å²) >= 11 is 3.32. The van der Waals surface area contributed by atoms with Gasteiger partial charge in [0.05, 0.1) is 0 Å². The lowest BCUT2D eigenvalue weighted by atomic mass is 10.3. The molecule has 0 saturated carbocycles. The maximum Gasteiger partial charge on any atom is 0.222 e. The summed E-state index contributed by atoms with van der Waals surface area (Å²) in [5.41, 5.74) is 0.915. The summed E-state index contributed by atoms with van der Waals surface area (Å²) in [4.78, 5) is 4.13. The molecule has 0 N–H and O–H groups in total. The lowest BCUT2D eigenvalue weighted by Crippen LogP contribution is -1.91. The fraction of sp³-hybridized carbons (Fsp3) is 0.0833. The van der Waals surface area contributed by atoms with Gasteiger partial charge in [0.2, 0.25) is 5.88 Å². The van der Waals surface area contributed by atoms with Gasteiger partial charge in [-0.1, -0.05) is 0 Å². The van der Waals surface area contributed by atoms with E-state index in [4.69, 9.17) is 4.74 Å². The number of ether oxygens (including phenoxy) is 1. The Bertz CT molecular complexity index is 499. The molecular weight excluding hydrogens is 273 g/mol. The summed E-state index contributed by atoms with van der Waals surface area (Å²) < 4.78 is 19.1. The van der Waals surface area contributed by atoms with Crippen LogP contribution in [0.1, 0.15) is 5.56 Å². The molecule has 0 fully saturated rings. The fourth-order valence-electron chi connectivity index (χ4n) is 1.25. The van der Waals surface area contributed by atoms with E-state index in [2.05, 4.69) is 20.9 Å². The van der Waals surface area contributed by atoms with E-state index in [0.717, 1.165) is 10.0 Å². The molecule has 0 aliphatic rings. The molecule has 0 amide bonds. The molecule has 2 aromatic rings. The Kier molecular flexibility index (Phi) is 3.19. The van der Waals surface area contributed by atoms with Crippen molar-refractivity contribution in [1.82, 2.24) is 4.98 Å². The minimum absolute atomic E-state index is 0.284. The molecule has 0 unspecified atom stereocenters. The zero-order valence-electron chi connectivity index (χ0n) is 8.58. The van der Waals surface area contributed by atoms with Gasteiger partial charge in [-0.2, -0.15) is 0 Å². The van der Waals surface area contributed by atoms with Crippen LogP contribution in [0.5, 0.6) is 11.6 Å². The van der Waals surface area contributed by atoms with Gasteiger partial charge in [-0.15, -0.1) is 0 Å². The summed E-state index contributed by atoms with van der Waals surface area (Å²) in [6.07, 6.45) is 1.66. The van der Waals surface area contributed by atoms with E-state index >= 15 is 0 Å². The molecule has 1 aromatic carbocycles. The average Bonchev–Trinajstić information content (AvgIpc) is 2.25. The first kappa shape index (κ1) is 11.1. The Morgan fingerprint density at radius 3 is 2.56 bits per heavy atom. The first-order chi connectivity index (χ1) is 7.65. The summed E-state index contributed by atoms with van der Waals surface area (Å²) in [5.74, 6) is 0.807. The molecule has 2 nitrogen and oxygen atoms in total. The molecule has 0 bridgehead atoms. The van der Waals surface area contributed by atoms with Crippen molar-refractivity contribution in [1.29, 1.82) is 0 Å². The highest BCUT2D eigenvalue weighted by Gasteiger charge is 2.03. The van der Waals surface area contributed by atoms with E-state index < -0.39 is 0 Å². The molecule has 1 heterocycles. The highest BCUT2D eigenvalue weighted by molar-refractivity contribution is 9.10. The van der Waals surface area contributed by atoms with Crippen molar-refractivity contribution in [3.05, 3.63) is 52.4 Å². The fourth-order valence-corrected chi connectivity index (χ4v) is 1.69. The predicted molar refractivity (Wildman–Crippen MR) is 63.1 cm³/mol. The zero-order chi connectivity index (χ0) is 11.5. The Labute approximate surface area is 101 Å². The van der Waals surface area contributed by atoms with Crippen LogP contribution in [0.15, 0.2) is 41.0 Å². The number of hydrogen-bond acceptors (Lipinski definition) is 2. The van der Waals surface area contributed by atoms with Gasteiger partial charge in [0.15, 0.2) is 0 Å². The van der Waals surface area contributed by atoms with Crippen LogP contribution < -0.4 is 4.74 Å². The number of aryl methyl sites for hydroxylation is 1. The second-order valence-corrected chi connectivity index (χ2v) is 4.25. The van der Waals surface area contributed by atoms with Crippen LogP contribution in [-0.4, -0.2) is 4.98 Å². The number of benzene rings is 1. The minimum Gasteiger partial charge on any atom is -0.439 e. The third-order valence-corrected chi connectivity index (χ3v) is 2.46. The van der Waals surface area contributed by atoms with Crippen molar-refractivity contribution in [2.75, 3.05) is 0 Å². The molecule has 82 valence electrons. The van der Waals surface area contributed by atoms with Gasteiger partial charge in [-0.25, -0.2) is 9.37 Å². The first-order valence-corrected chi connectivity index (χ1v) is 5.50. The summed E-state index contributed by atoms with van der Waals surface area (Å²) in [5, 5.41) is 0. The third-order valence-electron chi connectivity index (χ3n) is 2.03. The van der Waals surface area contributed by atoms with E-state index in [0.29, 0.717) is 11.6 Å². The van der Waals surface area contributed by atoms with Crippen LogP contribution in [0.25, 0.3) is 0 Å². The van der Waals surface area contributed by atoms with Gasteiger partial charge in [0, 0.05) is 16.2 Å². The quantitative estimate of drug-likeness (QED) is 0.827. The number of hydrogen-bond donors (Lipinski definition) is 0. The van der Waals surface area contributed by atoms with Gasteiger partial charge in [0.1, 0.15) is 11.6 Å². The number of nitrogens with zero attached hydrogens (tertiary/aromatic N) is 1. The molecule has 1 aromatic heterocycles. The van der Waals surface area contributed by atoms with Crippen molar-refractivity contribution >= 4 is 15.9 Å². The lowest BCUT2D eigenvalue weighted by Gasteiger charge is -2.07. The molecule has 0 saturated heterocycles. The van der Waals surface area contributed by atoms with Crippen molar-refractivity contribution in [2.45, 2.75) is 6.92 Å². The molecule has 0 atom stereocenters. The molecule has 16 heavy (non-hydrogen) atoms. The number of halogens is 2. The summed E-state index contributed by atoms with van der Waals surface area (Å²) in [7, 11) is 0. The van der Waals surface area contributed by atoms with Crippen LogP contribution in [0, 0.1) is 12.7 Å². The Hall–Kier alpha value is -1.42. The van der Waals surface area contributed by atoms with Crippen LogP contribution in [-0.2, 0) is 0 Å². The molecule has 0 spiro atoms. The minimum atomic E-state index is -0.284. The molecule has 0 aliphatic carbocycles. The SMILES string of the molecule is Cc1cc(Br)cnc1Oc1ccc(F)cc1. The van der Waals surface area contributed by atoms with Crippen molar-refractivity contribution in [3.8, 4) is 11.6 Å². The Morgan fingerprint density at radius 1 is 1.25 bits per heavy atom. The van der Waals surface area contributed by atoms with Gasteiger partial charge in [-0.3, -0.25) is 0 Å². The predicted octanol–water partition coefficient (Wildman–Crippen LogP) is 4.08. The standard InChI is InChI=1S/C12H9BrFNO/c1-8-6-9(13)7-15-12(8)16-11-4-2-10(14)3-5-11/h2-7H,1H3. The molecule has 4 heteroatoms. The highest BCUT2D eigenvalue weighted by atomic mass is 79.9. The maximum atomic E-state index is 12.7. The van der Waals surface area contributed by atoms with E-state index in [1.54, 1.807) is 18.3 Å². The Balaban J connectivity index is 2.23. The largest absolute Gasteiger partial charge is 0.439 e. The van der Waals surface area contributed by atoms with E-state index in [1.165, 1.54) is 12.1 Å². The van der Waals surface area contributed by atoms with E-state index in [1.807, 2.05) is 13.0 Å². The normalized spacial score (nSPS) is 10.2. The van der Waals surface area contributed by atoms with Crippen molar-refractivity contribution in [2.24, 2.45) is 0 Å². The monoisotopic (exact) mass is 281 g/mol. The van der Waals surface area contributed by atoms with E-state index in [-0.39, 0.29) is 5.82 Å².